The Morgan fingerprint density at radius 2 is 1.91 bits per heavy atom. The third-order valence-corrected chi connectivity index (χ3v) is 2.72. The fourth-order valence-corrected chi connectivity index (χ4v) is 1.51. The van der Waals surface area contributed by atoms with Gasteiger partial charge < -0.3 is 0 Å². The summed E-state index contributed by atoms with van der Waals surface area (Å²) in [6.45, 7) is 0. The summed E-state index contributed by atoms with van der Waals surface area (Å²) in [4.78, 5) is 1.07. The molecule has 1 nitrogen and oxygen atoms in total. The molecule has 1 rings (SSSR count). The topological polar surface area (TPSA) is 23.9 Å². The monoisotopic (exact) mass is 187 g/mol. The first-order valence-electron chi connectivity index (χ1n) is 3.26. The van der Waals surface area contributed by atoms with Crippen LogP contribution in [-0.2, 0) is 16.6 Å². The lowest BCUT2D eigenvalue weighted by Gasteiger charge is -1.99. The number of hydrogen-bond donors (Lipinski definition) is 1. The molecule has 0 aromatic heterocycles. The average molecular weight is 188 g/mol. The number of hydrogen-bond acceptors (Lipinski definition) is 1. The quantitative estimate of drug-likeness (QED) is 0.689. The second kappa shape index (κ2) is 3.88. The highest BCUT2D eigenvalue weighted by atomic mass is 35.5. The predicted octanol–water partition coefficient (Wildman–Crippen LogP) is 2.79. The summed E-state index contributed by atoms with van der Waals surface area (Å²) in [5.74, 6) is 0.551. The zero-order valence-electron chi connectivity index (χ0n) is 6.30. The normalized spacial score (nSPS) is 12.9. The van der Waals surface area contributed by atoms with Crippen molar-refractivity contribution in [1.29, 1.82) is 4.78 Å². The van der Waals surface area contributed by atoms with Crippen LogP contribution in [0.15, 0.2) is 29.2 Å². The van der Waals surface area contributed by atoms with Crippen LogP contribution in [0.3, 0.4) is 0 Å². The first kappa shape index (κ1) is 8.75. The van der Waals surface area contributed by atoms with Crippen molar-refractivity contribution in [2.45, 2.75) is 10.8 Å². The van der Waals surface area contributed by atoms with Crippen LogP contribution in [0.2, 0.25) is 0 Å². The Balaban J connectivity index is 2.91. The molecule has 60 valence electrons. The van der Waals surface area contributed by atoms with E-state index in [1.807, 2.05) is 30.5 Å². The highest BCUT2D eigenvalue weighted by molar-refractivity contribution is 7.85. The van der Waals surface area contributed by atoms with Crippen molar-refractivity contribution in [3.05, 3.63) is 29.8 Å². The van der Waals surface area contributed by atoms with Crippen LogP contribution < -0.4 is 0 Å². The van der Waals surface area contributed by atoms with Gasteiger partial charge in [-0.15, -0.1) is 11.6 Å². The molecule has 11 heavy (non-hydrogen) atoms. The fraction of sp³-hybridized carbons (Fsp3) is 0.250. The van der Waals surface area contributed by atoms with Crippen molar-refractivity contribution < 1.29 is 0 Å². The molecule has 1 aromatic rings. The number of alkyl halides is 1. The Morgan fingerprint density at radius 3 is 2.27 bits per heavy atom. The minimum atomic E-state index is -0.382. The molecule has 0 fully saturated rings. The van der Waals surface area contributed by atoms with Crippen LogP contribution in [0.1, 0.15) is 5.56 Å². The van der Waals surface area contributed by atoms with Crippen molar-refractivity contribution in [2.24, 2.45) is 0 Å². The largest absolute Gasteiger partial charge is 0.276 e. The summed E-state index contributed by atoms with van der Waals surface area (Å²) in [6, 6.07) is 7.88. The number of rotatable bonds is 2. The minimum absolute atomic E-state index is 0.382. The standard InChI is InChI=1S/C8H10ClNS/c1-11(10)8-4-2-7(6-9)3-5-8/h2-5,10H,6H2,1H3. The van der Waals surface area contributed by atoms with Crippen LogP contribution in [0, 0.1) is 4.78 Å². The van der Waals surface area contributed by atoms with Crippen LogP contribution in [0.5, 0.6) is 0 Å². The van der Waals surface area contributed by atoms with Gasteiger partial charge in [-0.25, -0.2) is 0 Å². The molecule has 0 radical (unpaired) electrons. The van der Waals surface area contributed by atoms with Crippen LogP contribution >= 0.6 is 11.6 Å². The molecule has 0 bridgehead atoms. The summed E-state index contributed by atoms with van der Waals surface area (Å²) in [5.41, 5.74) is 1.11. The molecule has 0 saturated carbocycles. The number of nitrogens with one attached hydrogen (secondary N) is 1. The lowest BCUT2D eigenvalue weighted by Crippen LogP contribution is -1.85. The van der Waals surface area contributed by atoms with Gasteiger partial charge in [0.2, 0.25) is 0 Å². The van der Waals surface area contributed by atoms with Gasteiger partial charge in [0.25, 0.3) is 0 Å². The van der Waals surface area contributed by atoms with Crippen molar-refractivity contribution in [3.63, 3.8) is 0 Å². The maximum Gasteiger partial charge on any atom is 0.0474 e. The summed E-state index contributed by atoms with van der Waals surface area (Å²) in [7, 11) is -0.382. The molecule has 0 heterocycles. The average Bonchev–Trinajstić information content (AvgIpc) is 2.05. The van der Waals surface area contributed by atoms with Gasteiger partial charge in [0, 0.05) is 10.8 Å². The van der Waals surface area contributed by atoms with Gasteiger partial charge in [-0.3, -0.25) is 4.78 Å². The van der Waals surface area contributed by atoms with Gasteiger partial charge in [-0.05, 0) is 24.0 Å². The molecule has 0 amide bonds. The third-order valence-electron chi connectivity index (χ3n) is 1.43. The molecule has 0 aliphatic rings. The molecule has 1 atom stereocenters. The van der Waals surface area contributed by atoms with E-state index in [0.29, 0.717) is 5.88 Å². The maximum absolute atomic E-state index is 7.44. The summed E-state index contributed by atoms with van der Waals surface area (Å²) < 4.78 is 7.44. The lowest BCUT2D eigenvalue weighted by atomic mass is 10.2. The highest BCUT2D eigenvalue weighted by Crippen LogP contribution is 2.09. The van der Waals surface area contributed by atoms with E-state index >= 15 is 0 Å². The van der Waals surface area contributed by atoms with E-state index in [1.165, 1.54) is 0 Å². The molecule has 0 spiro atoms. The first-order valence-corrected chi connectivity index (χ1v) is 5.43. The van der Waals surface area contributed by atoms with Gasteiger partial charge in [0.15, 0.2) is 0 Å². The van der Waals surface area contributed by atoms with Crippen molar-refractivity contribution in [2.75, 3.05) is 6.26 Å². The Morgan fingerprint density at radius 1 is 1.36 bits per heavy atom. The summed E-state index contributed by atoms with van der Waals surface area (Å²) >= 11 is 5.61. The van der Waals surface area contributed by atoms with E-state index in [-0.39, 0.29) is 10.7 Å². The first-order chi connectivity index (χ1) is 5.24. The van der Waals surface area contributed by atoms with E-state index in [1.54, 1.807) is 0 Å². The zero-order valence-corrected chi connectivity index (χ0v) is 7.88. The smallest absolute Gasteiger partial charge is 0.0474 e. The Kier molecular flexibility index (Phi) is 3.09. The van der Waals surface area contributed by atoms with E-state index in [2.05, 4.69) is 0 Å². The molecule has 0 aliphatic heterocycles. The van der Waals surface area contributed by atoms with Gasteiger partial charge in [0.05, 0.1) is 0 Å². The number of benzene rings is 1. The second-order valence-electron chi connectivity index (χ2n) is 2.29. The molecule has 0 aliphatic carbocycles. The van der Waals surface area contributed by atoms with Crippen molar-refractivity contribution in [3.8, 4) is 0 Å². The third kappa shape index (κ3) is 2.31. The summed E-state index contributed by atoms with van der Waals surface area (Å²) in [6.07, 6.45) is 1.88. The van der Waals surface area contributed by atoms with Gasteiger partial charge in [-0.1, -0.05) is 22.8 Å². The van der Waals surface area contributed by atoms with Gasteiger partial charge in [0.1, 0.15) is 0 Å². The lowest BCUT2D eigenvalue weighted by molar-refractivity contribution is 1.33. The molecule has 1 aromatic carbocycles. The molecule has 3 heteroatoms. The Labute approximate surface area is 74.3 Å². The van der Waals surface area contributed by atoms with Crippen molar-refractivity contribution >= 4 is 22.3 Å². The summed E-state index contributed by atoms with van der Waals surface area (Å²) in [5, 5.41) is 0. The van der Waals surface area contributed by atoms with Crippen LogP contribution in [0.4, 0.5) is 0 Å². The van der Waals surface area contributed by atoms with E-state index < -0.39 is 0 Å². The second-order valence-corrected chi connectivity index (χ2v) is 4.05. The maximum atomic E-state index is 7.44. The molecular weight excluding hydrogens is 178 g/mol. The van der Waals surface area contributed by atoms with E-state index in [0.717, 1.165) is 10.5 Å². The fourth-order valence-electron chi connectivity index (χ4n) is 0.783. The molecular formula is C8H10ClNS. The molecule has 1 N–H and O–H groups in total. The predicted molar refractivity (Wildman–Crippen MR) is 50.3 cm³/mol. The Hall–Kier alpha value is -0.340. The highest BCUT2D eigenvalue weighted by Gasteiger charge is 1.92. The van der Waals surface area contributed by atoms with E-state index in [9.17, 15) is 0 Å². The minimum Gasteiger partial charge on any atom is -0.276 e. The van der Waals surface area contributed by atoms with E-state index in [4.69, 9.17) is 16.4 Å². The number of halogens is 1. The van der Waals surface area contributed by atoms with Crippen LogP contribution in [-0.4, -0.2) is 6.26 Å². The van der Waals surface area contributed by atoms with Gasteiger partial charge in [-0.2, -0.15) is 0 Å². The van der Waals surface area contributed by atoms with Crippen molar-refractivity contribution in [1.82, 2.24) is 0 Å². The molecule has 1 unspecified atom stereocenters. The van der Waals surface area contributed by atoms with Crippen LogP contribution in [0.25, 0.3) is 0 Å². The molecule has 0 saturated heterocycles. The Bertz CT molecular complexity index is 255. The zero-order chi connectivity index (χ0) is 8.27. The van der Waals surface area contributed by atoms with Gasteiger partial charge >= 0.3 is 0 Å². The SMILES string of the molecule is CS(=N)c1ccc(CCl)cc1.